The number of nitrogens with one attached hydrogen (secondary N) is 1. The van der Waals surface area contributed by atoms with Gasteiger partial charge in [0.15, 0.2) is 5.75 Å². The summed E-state index contributed by atoms with van der Waals surface area (Å²) in [6.07, 6.45) is 0.655. The number of benzene rings is 1. The highest BCUT2D eigenvalue weighted by Gasteiger charge is 2.32. The van der Waals surface area contributed by atoms with Crippen LogP contribution in [0.1, 0.15) is 39.0 Å². The molecule has 1 aromatic rings. The Labute approximate surface area is 131 Å². The van der Waals surface area contributed by atoms with Crippen molar-refractivity contribution in [2.24, 2.45) is 5.92 Å². The van der Waals surface area contributed by atoms with Gasteiger partial charge in [-0.25, -0.2) is 0 Å². The van der Waals surface area contributed by atoms with Gasteiger partial charge >= 0.3 is 6.36 Å². The molecule has 6 heteroatoms. The normalized spacial score (nSPS) is 23.5. The summed E-state index contributed by atoms with van der Waals surface area (Å²) in [7, 11) is 0. The Kier molecular flexibility index (Phi) is 5.41. The summed E-state index contributed by atoms with van der Waals surface area (Å²) in [4.78, 5) is 0. The molecule has 1 aliphatic rings. The van der Waals surface area contributed by atoms with Gasteiger partial charge in [0.2, 0.25) is 0 Å². The predicted octanol–water partition coefficient (Wildman–Crippen LogP) is 5.73. The lowest BCUT2D eigenvalue weighted by molar-refractivity contribution is -0.274. The number of hydrogen-bond donors (Lipinski definition) is 1. The van der Waals surface area contributed by atoms with Crippen molar-refractivity contribution in [1.29, 1.82) is 0 Å². The zero-order valence-electron chi connectivity index (χ0n) is 11.8. The van der Waals surface area contributed by atoms with Gasteiger partial charge in [0.05, 0.1) is 5.69 Å². The molecule has 0 amide bonds. The van der Waals surface area contributed by atoms with E-state index in [0.717, 1.165) is 25.7 Å². The first-order valence-electron chi connectivity index (χ1n) is 7.15. The first-order chi connectivity index (χ1) is 9.83. The topological polar surface area (TPSA) is 21.3 Å². The SMILES string of the molecule is CC1CCCC(Nc2ccc(Br)cc2OC(F)(F)F)CC1. The van der Waals surface area contributed by atoms with Crippen LogP contribution >= 0.6 is 15.9 Å². The number of halogens is 4. The molecule has 2 nitrogen and oxygen atoms in total. The van der Waals surface area contributed by atoms with Gasteiger partial charge in [-0.3, -0.25) is 0 Å². The molecular weight excluding hydrogens is 347 g/mol. The van der Waals surface area contributed by atoms with Crippen LogP contribution in [-0.2, 0) is 0 Å². The van der Waals surface area contributed by atoms with Gasteiger partial charge in [0.25, 0.3) is 0 Å². The van der Waals surface area contributed by atoms with Crippen molar-refractivity contribution in [3.8, 4) is 5.75 Å². The van der Waals surface area contributed by atoms with Crippen LogP contribution in [0, 0.1) is 5.92 Å². The Bertz CT molecular complexity index is 478. The smallest absolute Gasteiger partial charge is 0.404 e. The van der Waals surface area contributed by atoms with Crippen molar-refractivity contribution >= 4 is 21.6 Å². The standard InChI is InChI=1S/C15H19BrF3NO/c1-10-3-2-4-12(7-5-10)20-13-8-6-11(16)9-14(13)21-15(17,18)19/h6,8-10,12,20H,2-5,7H2,1H3. The second-order valence-corrected chi connectivity index (χ2v) is 6.56. The quantitative estimate of drug-likeness (QED) is 0.690. The summed E-state index contributed by atoms with van der Waals surface area (Å²) < 4.78 is 42.1. The lowest BCUT2D eigenvalue weighted by atomic mass is 10.0. The van der Waals surface area contributed by atoms with Crippen molar-refractivity contribution in [2.75, 3.05) is 5.32 Å². The highest BCUT2D eigenvalue weighted by Crippen LogP contribution is 2.35. The monoisotopic (exact) mass is 365 g/mol. The summed E-state index contributed by atoms with van der Waals surface area (Å²) in [5.41, 5.74) is 0.398. The van der Waals surface area contributed by atoms with E-state index in [9.17, 15) is 13.2 Å². The maximum Gasteiger partial charge on any atom is 0.573 e. The van der Waals surface area contributed by atoms with Gasteiger partial charge in [0.1, 0.15) is 0 Å². The molecule has 0 aliphatic heterocycles. The Balaban J connectivity index is 2.11. The number of alkyl halides is 3. The summed E-state index contributed by atoms with van der Waals surface area (Å²) in [5.74, 6) is 0.502. The van der Waals surface area contributed by atoms with Crippen LogP contribution in [-0.4, -0.2) is 12.4 Å². The largest absolute Gasteiger partial charge is 0.573 e. The fourth-order valence-electron chi connectivity index (χ4n) is 2.68. The number of hydrogen-bond acceptors (Lipinski definition) is 2. The van der Waals surface area contributed by atoms with E-state index >= 15 is 0 Å². The van der Waals surface area contributed by atoms with E-state index in [-0.39, 0.29) is 11.8 Å². The summed E-state index contributed by atoms with van der Waals surface area (Å²) in [5, 5.41) is 3.21. The Morgan fingerprint density at radius 1 is 1.19 bits per heavy atom. The van der Waals surface area contributed by atoms with Crippen LogP contribution in [0.3, 0.4) is 0 Å². The molecule has 0 spiro atoms. The minimum Gasteiger partial charge on any atom is -0.404 e. The lowest BCUT2D eigenvalue weighted by Gasteiger charge is -2.21. The molecule has 2 unspecified atom stereocenters. The third kappa shape index (κ3) is 5.41. The van der Waals surface area contributed by atoms with Crippen molar-refractivity contribution in [1.82, 2.24) is 0 Å². The number of rotatable bonds is 3. The number of anilines is 1. The second kappa shape index (κ2) is 6.90. The maximum atomic E-state index is 12.5. The van der Waals surface area contributed by atoms with E-state index in [0.29, 0.717) is 16.1 Å². The van der Waals surface area contributed by atoms with Gasteiger partial charge < -0.3 is 10.1 Å². The molecule has 1 saturated carbocycles. The molecular formula is C15H19BrF3NO. The Morgan fingerprint density at radius 2 is 1.95 bits per heavy atom. The van der Waals surface area contributed by atoms with Crippen molar-refractivity contribution in [2.45, 2.75) is 51.4 Å². The Hall–Kier alpha value is -0.910. The average Bonchev–Trinajstić information content (AvgIpc) is 2.56. The van der Waals surface area contributed by atoms with Crippen LogP contribution in [0.5, 0.6) is 5.75 Å². The van der Waals surface area contributed by atoms with E-state index in [1.165, 1.54) is 12.5 Å². The van der Waals surface area contributed by atoms with Gasteiger partial charge in [-0.1, -0.05) is 35.7 Å². The highest BCUT2D eigenvalue weighted by atomic mass is 79.9. The van der Waals surface area contributed by atoms with Crippen LogP contribution in [0.15, 0.2) is 22.7 Å². The van der Waals surface area contributed by atoms with E-state index in [1.54, 1.807) is 12.1 Å². The summed E-state index contributed by atoms with van der Waals surface area (Å²) in [6, 6.07) is 4.88. The van der Waals surface area contributed by atoms with Crippen LogP contribution in [0.2, 0.25) is 0 Å². The molecule has 1 aliphatic carbocycles. The van der Waals surface area contributed by atoms with Crippen LogP contribution in [0.4, 0.5) is 18.9 Å². The first-order valence-corrected chi connectivity index (χ1v) is 7.94. The van der Waals surface area contributed by atoms with E-state index in [2.05, 4.69) is 32.9 Å². The molecule has 0 bridgehead atoms. The van der Waals surface area contributed by atoms with E-state index < -0.39 is 6.36 Å². The van der Waals surface area contributed by atoms with Gasteiger partial charge in [0, 0.05) is 10.5 Å². The average molecular weight is 366 g/mol. The molecule has 118 valence electrons. The molecule has 2 atom stereocenters. The van der Waals surface area contributed by atoms with Gasteiger partial charge in [-0.05, 0) is 43.4 Å². The molecule has 2 rings (SSSR count). The third-order valence-corrected chi connectivity index (χ3v) is 4.28. The van der Waals surface area contributed by atoms with Crippen LogP contribution in [0.25, 0.3) is 0 Å². The minimum absolute atomic E-state index is 0.186. The molecule has 1 N–H and O–H groups in total. The molecule has 21 heavy (non-hydrogen) atoms. The molecule has 0 heterocycles. The minimum atomic E-state index is -4.69. The van der Waals surface area contributed by atoms with E-state index in [4.69, 9.17) is 0 Å². The van der Waals surface area contributed by atoms with E-state index in [1.807, 2.05) is 0 Å². The molecule has 0 aromatic heterocycles. The van der Waals surface area contributed by atoms with Gasteiger partial charge in [-0.2, -0.15) is 0 Å². The van der Waals surface area contributed by atoms with Crippen molar-refractivity contribution < 1.29 is 17.9 Å². The summed E-state index contributed by atoms with van der Waals surface area (Å²) in [6.45, 7) is 2.22. The maximum absolute atomic E-state index is 12.5. The zero-order chi connectivity index (χ0) is 15.5. The van der Waals surface area contributed by atoms with Gasteiger partial charge in [-0.15, -0.1) is 13.2 Å². The lowest BCUT2D eigenvalue weighted by Crippen LogP contribution is -2.22. The fourth-order valence-corrected chi connectivity index (χ4v) is 3.02. The van der Waals surface area contributed by atoms with Crippen molar-refractivity contribution in [3.05, 3.63) is 22.7 Å². The number of ether oxygens (including phenoxy) is 1. The Morgan fingerprint density at radius 3 is 2.67 bits per heavy atom. The fraction of sp³-hybridized carbons (Fsp3) is 0.600. The third-order valence-electron chi connectivity index (χ3n) is 3.79. The molecule has 1 fully saturated rings. The van der Waals surface area contributed by atoms with Crippen LogP contribution < -0.4 is 10.1 Å². The molecule has 0 saturated heterocycles. The highest BCUT2D eigenvalue weighted by molar-refractivity contribution is 9.10. The predicted molar refractivity (Wildman–Crippen MR) is 80.5 cm³/mol. The molecule has 1 aromatic carbocycles. The second-order valence-electron chi connectivity index (χ2n) is 5.64. The summed E-state index contributed by atoms with van der Waals surface area (Å²) >= 11 is 3.17. The van der Waals surface area contributed by atoms with Crippen molar-refractivity contribution in [3.63, 3.8) is 0 Å². The molecule has 0 radical (unpaired) electrons. The zero-order valence-corrected chi connectivity index (χ0v) is 13.4. The first kappa shape index (κ1) is 16.5.